The first kappa shape index (κ1) is 12.3. The number of carbonyl (C=O) groups excluding carboxylic acids is 1. The summed E-state index contributed by atoms with van der Waals surface area (Å²) in [5, 5.41) is 0. The molecule has 1 aromatic heterocycles. The molecule has 3 aromatic rings. The number of para-hydroxylation sites is 2. The van der Waals surface area contributed by atoms with E-state index >= 15 is 0 Å². The van der Waals surface area contributed by atoms with Gasteiger partial charge in [0, 0.05) is 5.56 Å². The Balaban J connectivity index is 1.74. The second-order valence-corrected chi connectivity index (χ2v) is 4.33. The molecule has 20 heavy (non-hydrogen) atoms. The van der Waals surface area contributed by atoms with Crippen molar-refractivity contribution in [3.8, 4) is 5.75 Å². The molecule has 0 amide bonds. The standard InChI is InChI=1S/C16H12N2O2/c19-10-12-5-7-14(8-6-12)20-11-13-9-17-15-3-1-2-4-16(15)18-13/h1-10H,11H2. The number of hydrogen-bond acceptors (Lipinski definition) is 4. The van der Waals surface area contributed by atoms with Gasteiger partial charge in [-0.25, -0.2) is 4.98 Å². The largest absolute Gasteiger partial charge is 0.487 e. The average Bonchev–Trinajstić information content (AvgIpc) is 2.53. The van der Waals surface area contributed by atoms with Crippen LogP contribution in [0.5, 0.6) is 5.75 Å². The highest BCUT2D eigenvalue weighted by Gasteiger charge is 2.01. The Labute approximate surface area is 116 Å². The molecule has 0 saturated heterocycles. The average molecular weight is 264 g/mol. The summed E-state index contributed by atoms with van der Waals surface area (Å²) >= 11 is 0. The van der Waals surface area contributed by atoms with E-state index in [2.05, 4.69) is 9.97 Å². The van der Waals surface area contributed by atoms with Gasteiger partial charge in [0.2, 0.25) is 0 Å². The summed E-state index contributed by atoms with van der Waals surface area (Å²) in [6.45, 7) is 0.346. The van der Waals surface area contributed by atoms with Crippen LogP contribution in [0, 0.1) is 0 Å². The maximum absolute atomic E-state index is 10.6. The molecule has 0 atom stereocenters. The lowest BCUT2D eigenvalue weighted by molar-refractivity contribution is 0.112. The van der Waals surface area contributed by atoms with E-state index in [-0.39, 0.29) is 0 Å². The lowest BCUT2D eigenvalue weighted by Crippen LogP contribution is -1.99. The van der Waals surface area contributed by atoms with E-state index in [0.29, 0.717) is 17.9 Å². The zero-order chi connectivity index (χ0) is 13.8. The summed E-state index contributed by atoms with van der Waals surface area (Å²) in [5.41, 5.74) is 3.11. The third kappa shape index (κ3) is 2.64. The lowest BCUT2D eigenvalue weighted by atomic mass is 10.2. The van der Waals surface area contributed by atoms with Gasteiger partial charge in [-0.2, -0.15) is 0 Å². The predicted octanol–water partition coefficient (Wildman–Crippen LogP) is 3.02. The van der Waals surface area contributed by atoms with Crippen LogP contribution in [0.4, 0.5) is 0 Å². The van der Waals surface area contributed by atoms with Gasteiger partial charge in [-0.1, -0.05) is 12.1 Å². The van der Waals surface area contributed by atoms with Gasteiger partial charge in [-0.05, 0) is 36.4 Å². The molecule has 3 rings (SSSR count). The van der Waals surface area contributed by atoms with Crippen LogP contribution in [0.25, 0.3) is 11.0 Å². The van der Waals surface area contributed by atoms with Crippen molar-refractivity contribution in [2.45, 2.75) is 6.61 Å². The van der Waals surface area contributed by atoms with Gasteiger partial charge in [0.05, 0.1) is 22.9 Å². The summed E-state index contributed by atoms with van der Waals surface area (Å²) in [6.07, 6.45) is 2.51. The summed E-state index contributed by atoms with van der Waals surface area (Å²) in [7, 11) is 0. The molecule has 1 heterocycles. The first-order chi connectivity index (χ1) is 9.85. The van der Waals surface area contributed by atoms with E-state index in [9.17, 15) is 4.79 Å². The van der Waals surface area contributed by atoms with Gasteiger partial charge >= 0.3 is 0 Å². The number of ether oxygens (including phenoxy) is 1. The predicted molar refractivity (Wildman–Crippen MR) is 75.7 cm³/mol. The van der Waals surface area contributed by atoms with E-state index in [4.69, 9.17) is 4.74 Å². The minimum absolute atomic E-state index is 0.346. The number of benzene rings is 2. The fraction of sp³-hybridized carbons (Fsp3) is 0.0625. The second-order valence-electron chi connectivity index (χ2n) is 4.33. The molecule has 2 aromatic carbocycles. The van der Waals surface area contributed by atoms with Gasteiger partial charge in [0.15, 0.2) is 0 Å². The highest BCUT2D eigenvalue weighted by molar-refractivity contribution is 5.75. The highest BCUT2D eigenvalue weighted by Crippen LogP contribution is 2.14. The fourth-order valence-corrected chi connectivity index (χ4v) is 1.86. The van der Waals surface area contributed by atoms with Crippen molar-refractivity contribution < 1.29 is 9.53 Å². The number of hydrogen-bond donors (Lipinski definition) is 0. The number of nitrogens with zero attached hydrogens (tertiary/aromatic N) is 2. The number of carbonyl (C=O) groups is 1. The normalized spacial score (nSPS) is 10.4. The molecule has 0 unspecified atom stereocenters. The third-order valence-electron chi connectivity index (χ3n) is 2.90. The summed E-state index contributed by atoms with van der Waals surface area (Å²) < 4.78 is 5.62. The topological polar surface area (TPSA) is 52.1 Å². The fourth-order valence-electron chi connectivity index (χ4n) is 1.86. The Kier molecular flexibility index (Phi) is 3.37. The van der Waals surface area contributed by atoms with Crippen LogP contribution >= 0.6 is 0 Å². The maximum atomic E-state index is 10.6. The van der Waals surface area contributed by atoms with E-state index < -0.39 is 0 Å². The Bertz CT molecular complexity index is 739. The van der Waals surface area contributed by atoms with E-state index in [1.807, 2.05) is 24.3 Å². The van der Waals surface area contributed by atoms with Crippen molar-refractivity contribution in [1.82, 2.24) is 9.97 Å². The van der Waals surface area contributed by atoms with Crippen LogP contribution < -0.4 is 4.74 Å². The number of aldehydes is 1. The lowest BCUT2D eigenvalue weighted by Gasteiger charge is -2.06. The molecule has 0 aliphatic rings. The van der Waals surface area contributed by atoms with E-state index in [1.165, 1.54) is 0 Å². The Morgan fingerprint density at radius 1 is 1.00 bits per heavy atom. The summed E-state index contributed by atoms with van der Waals surface area (Å²) in [6, 6.07) is 14.7. The zero-order valence-electron chi connectivity index (χ0n) is 10.7. The number of aromatic nitrogens is 2. The van der Waals surface area contributed by atoms with Gasteiger partial charge in [-0.15, -0.1) is 0 Å². The van der Waals surface area contributed by atoms with Crippen LogP contribution in [0.3, 0.4) is 0 Å². The van der Waals surface area contributed by atoms with Gasteiger partial charge in [0.25, 0.3) is 0 Å². The van der Waals surface area contributed by atoms with Crippen molar-refractivity contribution in [2.75, 3.05) is 0 Å². The second kappa shape index (κ2) is 5.48. The molecule has 0 bridgehead atoms. The molecule has 0 aliphatic carbocycles. The first-order valence-corrected chi connectivity index (χ1v) is 6.24. The molecule has 0 aliphatic heterocycles. The molecule has 4 heteroatoms. The maximum Gasteiger partial charge on any atom is 0.150 e. The highest BCUT2D eigenvalue weighted by atomic mass is 16.5. The Morgan fingerprint density at radius 3 is 2.50 bits per heavy atom. The molecule has 0 fully saturated rings. The molecule has 98 valence electrons. The molecule has 0 N–H and O–H groups in total. The van der Waals surface area contributed by atoms with Crippen molar-refractivity contribution in [2.24, 2.45) is 0 Å². The molecule has 0 saturated carbocycles. The quantitative estimate of drug-likeness (QED) is 0.680. The van der Waals surface area contributed by atoms with Crippen LogP contribution in [0.2, 0.25) is 0 Å². The monoisotopic (exact) mass is 264 g/mol. The summed E-state index contributed by atoms with van der Waals surface area (Å²) in [5.74, 6) is 0.700. The van der Waals surface area contributed by atoms with Crippen LogP contribution in [-0.2, 0) is 6.61 Å². The molecular formula is C16H12N2O2. The third-order valence-corrected chi connectivity index (χ3v) is 2.90. The number of rotatable bonds is 4. The SMILES string of the molecule is O=Cc1ccc(OCc2cnc3ccccc3n2)cc1. The molecule has 4 nitrogen and oxygen atoms in total. The molecule has 0 radical (unpaired) electrons. The van der Waals surface area contributed by atoms with E-state index in [1.54, 1.807) is 30.5 Å². The molecular weight excluding hydrogens is 252 g/mol. The minimum atomic E-state index is 0.346. The number of fused-ring (bicyclic) bond motifs is 1. The van der Waals surface area contributed by atoms with Crippen molar-refractivity contribution >= 4 is 17.3 Å². The first-order valence-electron chi connectivity index (χ1n) is 6.24. The van der Waals surface area contributed by atoms with Crippen molar-refractivity contribution in [1.29, 1.82) is 0 Å². The summed E-state index contributed by atoms with van der Waals surface area (Å²) in [4.78, 5) is 19.4. The van der Waals surface area contributed by atoms with Crippen molar-refractivity contribution in [3.05, 3.63) is 66.0 Å². The smallest absolute Gasteiger partial charge is 0.150 e. The van der Waals surface area contributed by atoms with E-state index in [0.717, 1.165) is 23.0 Å². The van der Waals surface area contributed by atoms with Crippen molar-refractivity contribution in [3.63, 3.8) is 0 Å². The Hall–Kier alpha value is -2.75. The van der Waals surface area contributed by atoms with Gasteiger partial charge < -0.3 is 4.74 Å². The Morgan fingerprint density at radius 2 is 1.75 bits per heavy atom. The molecule has 0 spiro atoms. The zero-order valence-corrected chi connectivity index (χ0v) is 10.7. The van der Waals surface area contributed by atoms with Crippen LogP contribution in [-0.4, -0.2) is 16.3 Å². The van der Waals surface area contributed by atoms with Gasteiger partial charge in [-0.3, -0.25) is 9.78 Å². The minimum Gasteiger partial charge on any atom is -0.487 e. The van der Waals surface area contributed by atoms with Crippen LogP contribution in [0.15, 0.2) is 54.7 Å². The van der Waals surface area contributed by atoms with Crippen LogP contribution in [0.1, 0.15) is 16.1 Å². The van der Waals surface area contributed by atoms with Gasteiger partial charge in [0.1, 0.15) is 18.6 Å².